The zero-order valence-electron chi connectivity index (χ0n) is 10.1. The molecule has 0 heterocycles. The van der Waals surface area contributed by atoms with Crippen molar-refractivity contribution in [3.63, 3.8) is 0 Å². The third-order valence-electron chi connectivity index (χ3n) is 3.69. The summed E-state index contributed by atoms with van der Waals surface area (Å²) < 4.78 is 0. The van der Waals surface area contributed by atoms with E-state index in [4.69, 9.17) is 5.73 Å². The third kappa shape index (κ3) is 2.29. The first-order valence-electron chi connectivity index (χ1n) is 6.20. The van der Waals surface area contributed by atoms with Crippen LogP contribution >= 0.6 is 0 Å². The molecular formula is C12H26N2. The zero-order chi connectivity index (χ0) is 10.6. The fourth-order valence-corrected chi connectivity index (χ4v) is 2.72. The van der Waals surface area contributed by atoms with Gasteiger partial charge < -0.3 is 5.73 Å². The average Bonchev–Trinajstić information content (AvgIpc) is 3.01. The van der Waals surface area contributed by atoms with Crippen molar-refractivity contribution in [2.45, 2.75) is 64.5 Å². The summed E-state index contributed by atoms with van der Waals surface area (Å²) in [5, 5.41) is 0. The summed E-state index contributed by atoms with van der Waals surface area (Å²) in [4.78, 5) is 2.66. The van der Waals surface area contributed by atoms with E-state index in [1.54, 1.807) is 0 Å². The summed E-state index contributed by atoms with van der Waals surface area (Å²) in [6.07, 6.45) is 6.47. The lowest BCUT2D eigenvalue weighted by Crippen LogP contribution is -2.54. The van der Waals surface area contributed by atoms with Crippen molar-refractivity contribution < 1.29 is 0 Å². The van der Waals surface area contributed by atoms with Gasteiger partial charge in [-0.15, -0.1) is 0 Å². The van der Waals surface area contributed by atoms with E-state index in [-0.39, 0.29) is 0 Å². The van der Waals surface area contributed by atoms with Crippen molar-refractivity contribution in [1.29, 1.82) is 0 Å². The largest absolute Gasteiger partial charge is 0.329 e. The second-order valence-electron chi connectivity index (χ2n) is 4.55. The molecular weight excluding hydrogens is 172 g/mol. The van der Waals surface area contributed by atoms with Gasteiger partial charge in [0.2, 0.25) is 0 Å². The van der Waals surface area contributed by atoms with Gasteiger partial charge in [-0.3, -0.25) is 4.90 Å². The Bertz CT molecular complexity index is 160. The Morgan fingerprint density at radius 2 is 1.93 bits per heavy atom. The van der Waals surface area contributed by atoms with E-state index >= 15 is 0 Å². The van der Waals surface area contributed by atoms with Gasteiger partial charge >= 0.3 is 0 Å². The minimum Gasteiger partial charge on any atom is -0.329 e. The first-order chi connectivity index (χ1) is 6.74. The summed E-state index contributed by atoms with van der Waals surface area (Å²) in [5.74, 6) is 0. The molecule has 1 unspecified atom stereocenters. The molecule has 1 aliphatic rings. The first-order valence-corrected chi connectivity index (χ1v) is 6.20. The molecule has 84 valence electrons. The Labute approximate surface area is 88.8 Å². The molecule has 0 bridgehead atoms. The molecule has 1 fully saturated rings. The molecule has 2 N–H and O–H groups in total. The first kappa shape index (κ1) is 12.0. The van der Waals surface area contributed by atoms with Gasteiger partial charge in [-0.25, -0.2) is 0 Å². The van der Waals surface area contributed by atoms with Gasteiger partial charge in [0, 0.05) is 18.1 Å². The second kappa shape index (κ2) is 5.13. The van der Waals surface area contributed by atoms with Gasteiger partial charge in [-0.1, -0.05) is 27.2 Å². The van der Waals surface area contributed by atoms with Crippen LogP contribution in [-0.2, 0) is 0 Å². The highest BCUT2D eigenvalue weighted by atomic mass is 15.2. The van der Waals surface area contributed by atoms with Crippen LogP contribution in [0.15, 0.2) is 0 Å². The highest BCUT2D eigenvalue weighted by Gasteiger charge is 2.40. The van der Waals surface area contributed by atoms with E-state index in [0.29, 0.717) is 5.54 Å². The molecule has 0 aliphatic heterocycles. The van der Waals surface area contributed by atoms with Crippen LogP contribution in [0, 0.1) is 0 Å². The fraction of sp³-hybridized carbons (Fsp3) is 1.00. The molecule has 14 heavy (non-hydrogen) atoms. The lowest BCUT2D eigenvalue weighted by Gasteiger charge is -2.43. The molecule has 0 aromatic heterocycles. The molecule has 0 aromatic rings. The average molecular weight is 198 g/mol. The van der Waals surface area contributed by atoms with Gasteiger partial charge in [0.05, 0.1) is 0 Å². The predicted octanol–water partition coefficient (Wildman–Crippen LogP) is 2.38. The van der Waals surface area contributed by atoms with Crippen LogP contribution in [0.2, 0.25) is 0 Å². The van der Waals surface area contributed by atoms with Gasteiger partial charge in [-0.05, 0) is 32.2 Å². The molecule has 0 aromatic carbocycles. The molecule has 2 heteroatoms. The van der Waals surface area contributed by atoms with Crippen LogP contribution in [0.4, 0.5) is 0 Å². The Morgan fingerprint density at radius 3 is 2.21 bits per heavy atom. The molecule has 1 aliphatic carbocycles. The Kier molecular flexibility index (Phi) is 4.39. The highest BCUT2D eigenvalue weighted by molar-refractivity contribution is 4.97. The van der Waals surface area contributed by atoms with E-state index in [1.807, 2.05) is 0 Å². The van der Waals surface area contributed by atoms with Crippen LogP contribution < -0.4 is 5.73 Å². The number of nitrogens with two attached hydrogens (primary N) is 1. The number of hydrogen-bond donors (Lipinski definition) is 1. The topological polar surface area (TPSA) is 29.3 Å². The fourth-order valence-electron chi connectivity index (χ4n) is 2.72. The van der Waals surface area contributed by atoms with Gasteiger partial charge in [0.15, 0.2) is 0 Å². The third-order valence-corrected chi connectivity index (χ3v) is 3.69. The summed E-state index contributed by atoms with van der Waals surface area (Å²) in [6, 6.07) is 0.843. The lowest BCUT2D eigenvalue weighted by molar-refractivity contribution is 0.0769. The van der Waals surface area contributed by atoms with Crippen LogP contribution in [0.25, 0.3) is 0 Å². The van der Waals surface area contributed by atoms with E-state index < -0.39 is 0 Å². The number of hydrogen-bond acceptors (Lipinski definition) is 2. The maximum atomic E-state index is 6.00. The molecule has 0 saturated heterocycles. The van der Waals surface area contributed by atoms with Crippen molar-refractivity contribution in [2.24, 2.45) is 5.73 Å². The van der Waals surface area contributed by atoms with E-state index in [1.165, 1.54) is 32.1 Å². The normalized spacial score (nSPS) is 21.2. The van der Waals surface area contributed by atoms with Crippen molar-refractivity contribution >= 4 is 0 Å². The highest BCUT2D eigenvalue weighted by Crippen LogP contribution is 2.36. The van der Waals surface area contributed by atoms with E-state index in [0.717, 1.165) is 19.1 Å². The Hall–Kier alpha value is -0.0800. The maximum Gasteiger partial charge on any atom is 0.0331 e. The summed E-state index contributed by atoms with van der Waals surface area (Å²) in [7, 11) is 0. The van der Waals surface area contributed by atoms with Crippen molar-refractivity contribution in [3.05, 3.63) is 0 Å². The molecule has 1 rings (SSSR count). The summed E-state index contributed by atoms with van der Waals surface area (Å²) in [5.41, 5.74) is 6.30. The molecule has 1 saturated carbocycles. The van der Waals surface area contributed by atoms with Crippen molar-refractivity contribution in [1.82, 2.24) is 4.90 Å². The van der Waals surface area contributed by atoms with Crippen LogP contribution in [0.5, 0.6) is 0 Å². The number of rotatable bonds is 7. The number of likely N-dealkylation sites (N-methyl/N-ethyl adjacent to an activating group) is 1. The quantitative estimate of drug-likeness (QED) is 0.680. The van der Waals surface area contributed by atoms with E-state index in [9.17, 15) is 0 Å². The van der Waals surface area contributed by atoms with Crippen LogP contribution in [0.3, 0.4) is 0 Å². The van der Waals surface area contributed by atoms with Crippen molar-refractivity contribution in [3.8, 4) is 0 Å². The van der Waals surface area contributed by atoms with Gasteiger partial charge in [0.1, 0.15) is 0 Å². The Morgan fingerprint density at radius 1 is 1.29 bits per heavy atom. The number of nitrogens with zero attached hydrogens (tertiary/aromatic N) is 1. The monoisotopic (exact) mass is 198 g/mol. The zero-order valence-corrected chi connectivity index (χ0v) is 10.1. The minimum atomic E-state index is 0.296. The standard InChI is InChI=1S/C12H26N2/c1-4-9-12(5-2,10-13)14(6-3)11-7-8-11/h11H,4-10,13H2,1-3H3. The summed E-state index contributed by atoms with van der Waals surface area (Å²) >= 11 is 0. The van der Waals surface area contributed by atoms with Gasteiger partial charge in [0.25, 0.3) is 0 Å². The van der Waals surface area contributed by atoms with Crippen LogP contribution in [-0.4, -0.2) is 29.6 Å². The molecule has 2 nitrogen and oxygen atoms in total. The predicted molar refractivity (Wildman–Crippen MR) is 62.4 cm³/mol. The smallest absolute Gasteiger partial charge is 0.0331 e. The summed E-state index contributed by atoms with van der Waals surface area (Å²) in [6.45, 7) is 8.81. The van der Waals surface area contributed by atoms with Gasteiger partial charge in [-0.2, -0.15) is 0 Å². The SMILES string of the molecule is CCCC(CC)(CN)N(CC)C1CC1. The van der Waals surface area contributed by atoms with E-state index in [2.05, 4.69) is 25.7 Å². The minimum absolute atomic E-state index is 0.296. The molecule has 0 amide bonds. The van der Waals surface area contributed by atoms with Crippen LogP contribution in [0.1, 0.15) is 52.9 Å². The maximum absolute atomic E-state index is 6.00. The Balaban J connectivity index is 2.70. The molecule has 0 radical (unpaired) electrons. The lowest BCUT2D eigenvalue weighted by atomic mass is 9.88. The molecule has 1 atom stereocenters. The second-order valence-corrected chi connectivity index (χ2v) is 4.55. The van der Waals surface area contributed by atoms with Crippen molar-refractivity contribution in [2.75, 3.05) is 13.1 Å². The molecule has 0 spiro atoms.